The van der Waals surface area contributed by atoms with Crippen molar-refractivity contribution in [1.29, 1.82) is 0 Å². The van der Waals surface area contributed by atoms with Crippen LogP contribution in [-0.2, 0) is 28.7 Å². The van der Waals surface area contributed by atoms with Crippen molar-refractivity contribution in [3.8, 4) is 0 Å². The van der Waals surface area contributed by atoms with Crippen LogP contribution >= 0.6 is 0 Å². The van der Waals surface area contributed by atoms with E-state index in [2.05, 4.69) is 15.0 Å². The Morgan fingerprint density at radius 1 is 0.494 bits per heavy atom. The number of H-pyrrole nitrogens is 3. The minimum atomic E-state index is -0.977. The summed E-state index contributed by atoms with van der Waals surface area (Å²) in [6.45, 7) is 21.7. The van der Waals surface area contributed by atoms with Gasteiger partial charge in [0.05, 0.1) is 74.2 Å². The molecule has 448 valence electrons. The minimum Gasteiger partial charge on any atom is -0.512 e. The Kier molecular flexibility index (Phi) is 16.5. The second-order valence-electron chi connectivity index (χ2n) is 23.0. The molecular formula is C68H70N8O11. The zero-order valence-corrected chi connectivity index (χ0v) is 50.9. The van der Waals surface area contributed by atoms with Crippen LogP contribution in [0, 0.1) is 20.8 Å². The number of carbonyl (C=O) groups excluding carboxylic acids is 2. The fourth-order valence-corrected chi connectivity index (χ4v) is 12.7. The lowest BCUT2D eigenvalue weighted by atomic mass is 9.96. The molecule has 6 aliphatic rings. The van der Waals surface area contributed by atoms with Crippen LogP contribution in [0.2, 0.25) is 0 Å². The first-order valence-corrected chi connectivity index (χ1v) is 29.0. The molecule has 8 N–H and O–H groups in total. The Hall–Kier alpha value is -9.62. The van der Waals surface area contributed by atoms with Gasteiger partial charge in [0.25, 0.3) is 0 Å². The highest BCUT2D eigenvalue weighted by atomic mass is 16.5. The summed E-state index contributed by atoms with van der Waals surface area (Å²) >= 11 is 0. The second-order valence-corrected chi connectivity index (χ2v) is 23.0. The Labute approximate surface area is 501 Å². The number of nitrogens with zero attached hydrogens (tertiary/aromatic N) is 5. The molecule has 87 heavy (non-hydrogen) atoms. The lowest BCUT2D eigenvalue weighted by Crippen LogP contribution is -2.27. The molecule has 10 rings (SSSR count). The summed E-state index contributed by atoms with van der Waals surface area (Å²) in [7, 11) is 0. The number of aliphatic carboxylic acids is 3. The predicted molar refractivity (Wildman–Crippen MR) is 337 cm³/mol. The van der Waals surface area contributed by atoms with Gasteiger partial charge in [0.2, 0.25) is 0 Å². The highest BCUT2D eigenvalue weighted by Gasteiger charge is 2.31. The van der Waals surface area contributed by atoms with Gasteiger partial charge in [-0.3, -0.25) is 24.0 Å². The van der Waals surface area contributed by atoms with Crippen LogP contribution in [-0.4, -0.2) is 97.2 Å². The molecule has 0 amide bonds. The fraction of sp³-hybridized carbons (Fsp3) is 0.324. The first-order chi connectivity index (χ1) is 41.2. The van der Waals surface area contributed by atoms with Crippen LogP contribution in [0.4, 0.5) is 0 Å². The number of ketones is 1. The summed E-state index contributed by atoms with van der Waals surface area (Å²) in [5, 5.41) is 53.0. The summed E-state index contributed by atoms with van der Waals surface area (Å²) in [6, 6.07) is 7.43. The van der Waals surface area contributed by atoms with Gasteiger partial charge in [-0.15, -0.1) is 0 Å². The number of aliphatic imine (C=N–C) groups is 3. The third kappa shape index (κ3) is 11.7. The van der Waals surface area contributed by atoms with Crippen molar-refractivity contribution in [2.45, 2.75) is 147 Å². The van der Waals surface area contributed by atoms with Crippen molar-refractivity contribution in [2.24, 2.45) is 15.0 Å². The van der Waals surface area contributed by atoms with Crippen LogP contribution < -0.4 is 10.6 Å². The van der Waals surface area contributed by atoms with E-state index in [1.165, 1.54) is 6.92 Å². The number of rotatable bonds is 16. The van der Waals surface area contributed by atoms with Crippen LogP contribution in [0.3, 0.4) is 0 Å². The molecule has 2 atom stereocenters. The summed E-state index contributed by atoms with van der Waals surface area (Å²) in [6.07, 6.45) is 5.68. The molecule has 6 aliphatic heterocycles. The molecular weight excluding hydrogens is 1100 g/mol. The lowest BCUT2D eigenvalue weighted by Gasteiger charge is -2.15. The maximum Gasteiger partial charge on any atom is 0.306 e. The lowest BCUT2D eigenvalue weighted by molar-refractivity contribution is -0.148. The van der Waals surface area contributed by atoms with Gasteiger partial charge in [-0.1, -0.05) is 0 Å². The normalized spacial score (nSPS) is 16.8. The predicted octanol–water partition coefficient (Wildman–Crippen LogP) is 11.7. The molecule has 19 heteroatoms. The molecule has 0 spiro atoms. The third-order valence-corrected chi connectivity index (χ3v) is 17.3. The first kappa shape index (κ1) is 60.5. The number of ether oxygens (including phenoxy) is 1. The number of Topliss-reactive ketones (excluding diaryl/α,β-unsaturated/α-hetero) is 1. The average molecular weight is 1180 g/mol. The molecule has 0 radical (unpaired) electrons. The van der Waals surface area contributed by atoms with Crippen molar-refractivity contribution < 1.29 is 54.2 Å². The number of carboxylic acid groups (broad SMARTS) is 3. The molecule has 0 fully saturated rings. The van der Waals surface area contributed by atoms with E-state index < -0.39 is 36.1 Å². The van der Waals surface area contributed by atoms with Crippen LogP contribution in [0.5, 0.6) is 0 Å². The molecule has 4 aromatic rings. The standard InChI is InChI=1S/C68H70N8O11/c1-29-41(13-17-61(80)81)54-28-56-44(32(4)48(72-56)24-57-66(38(10)78)34(6)51(74-57)25-59-65(37(9)77)33(5)49(73-59)21-45(29)69-54)16-20-64(86)87-40(12)68-36(8)50-22-46-30(2)42(14-18-62(82)83)53(70-46)27-55-43(15-19-63(84)85)31(3)47(71-55)23-58-67(39(11)79)35(7)52(75-58)26-60(68)76-50/h21-28,39-40,74-76,78-79H,13-20H2,1-12H3,(H,80,81)(H,82,83)(H,84,85)/b45-21?,46-22?,47-23?,50-22?,52-26?,53-27?,55-27?,56-28?,57-24?,58-23?,59-25?,60-26?,66-38+. The zero-order chi connectivity index (χ0) is 62.8. The molecule has 2 unspecified atom stereocenters. The van der Waals surface area contributed by atoms with E-state index in [1.54, 1.807) is 32.9 Å². The molecule has 10 heterocycles. The van der Waals surface area contributed by atoms with E-state index in [4.69, 9.17) is 29.7 Å². The number of hydrogen-bond donors (Lipinski definition) is 8. The maximum atomic E-state index is 14.5. The zero-order valence-electron chi connectivity index (χ0n) is 50.9. The third-order valence-electron chi connectivity index (χ3n) is 17.3. The van der Waals surface area contributed by atoms with Gasteiger partial charge < -0.3 is 45.2 Å². The Balaban J connectivity index is 1.07. The van der Waals surface area contributed by atoms with Crippen molar-refractivity contribution in [3.63, 3.8) is 0 Å². The first-order valence-electron chi connectivity index (χ1n) is 29.0. The van der Waals surface area contributed by atoms with Gasteiger partial charge in [0, 0.05) is 75.4 Å². The Morgan fingerprint density at radius 3 is 1.57 bits per heavy atom. The van der Waals surface area contributed by atoms with Crippen molar-refractivity contribution in [1.82, 2.24) is 24.9 Å². The van der Waals surface area contributed by atoms with Gasteiger partial charge in [-0.2, -0.15) is 0 Å². The summed E-state index contributed by atoms with van der Waals surface area (Å²) in [5.41, 5.74) is 18.8. The quantitative estimate of drug-likeness (QED) is 0.0485. The highest BCUT2D eigenvalue weighted by molar-refractivity contribution is 6.24. The van der Waals surface area contributed by atoms with E-state index in [-0.39, 0.29) is 62.9 Å². The number of nitrogens with one attached hydrogen (secondary N) is 3. The van der Waals surface area contributed by atoms with E-state index in [0.717, 1.165) is 50.1 Å². The number of aliphatic hydroxyl groups excluding tert-OH is 2. The van der Waals surface area contributed by atoms with E-state index in [1.807, 2.05) is 91.8 Å². The van der Waals surface area contributed by atoms with Crippen molar-refractivity contribution in [3.05, 3.63) is 154 Å². The van der Waals surface area contributed by atoms with Gasteiger partial charge in [0.1, 0.15) is 6.10 Å². The van der Waals surface area contributed by atoms with Crippen molar-refractivity contribution in [2.75, 3.05) is 0 Å². The number of esters is 1. The molecule has 0 saturated heterocycles. The number of carboxylic acids is 3. The van der Waals surface area contributed by atoms with E-state index in [0.29, 0.717) is 129 Å². The van der Waals surface area contributed by atoms with Gasteiger partial charge in [0.15, 0.2) is 5.78 Å². The molecule has 0 saturated carbocycles. The second kappa shape index (κ2) is 23.7. The van der Waals surface area contributed by atoms with Crippen LogP contribution in [0.25, 0.3) is 62.3 Å². The SMILES string of the molecule is CC(=O)C1=C(C)C2=NC1=Cc1[nH]c(/c(=C(\C)O)c1C)=CC1=NC(=CC3=NC(=C2)C(C)=C3CCC(=O)O)C(CCC(=O)OC(C)c2c(C)c3cc4nc(cc5nc(cc6[nH]c(cc2[nH]3)c(C)c6C(C)O)C(C)=C5CCC(=O)O)C(CCC(=O)O)=C4C)=C1C. The number of fused-ring (bicyclic) bond motifs is 13. The average Bonchev–Trinajstić information content (AvgIpc) is 1.70. The van der Waals surface area contributed by atoms with Crippen LogP contribution in [0.1, 0.15) is 182 Å². The largest absolute Gasteiger partial charge is 0.512 e. The number of allylic oxidation sites excluding steroid dienone is 12. The smallest absolute Gasteiger partial charge is 0.306 e. The minimum absolute atomic E-state index is 0.0575. The summed E-state index contributed by atoms with van der Waals surface area (Å²) in [4.78, 5) is 99.5. The van der Waals surface area contributed by atoms with Gasteiger partial charge in [-0.25, -0.2) is 24.9 Å². The molecule has 16 bridgehead atoms. The number of aliphatic hydroxyl groups is 2. The molecule has 0 aliphatic carbocycles. The topological polar surface area (TPSA) is 306 Å². The monoisotopic (exact) mass is 1170 g/mol. The maximum absolute atomic E-state index is 14.5. The molecule has 0 aromatic carbocycles. The number of aromatic amines is 3. The molecule has 19 nitrogen and oxygen atoms in total. The Bertz CT molecular complexity index is 4480. The fourth-order valence-electron chi connectivity index (χ4n) is 12.7. The molecule has 4 aromatic heterocycles. The summed E-state index contributed by atoms with van der Waals surface area (Å²) in [5.74, 6) is -3.54. The number of carbonyl (C=O) groups is 5. The number of aryl methyl sites for hydroxylation is 2. The highest BCUT2D eigenvalue weighted by Crippen LogP contribution is 2.41. The summed E-state index contributed by atoms with van der Waals surface area (Å²) < 4.78 is 6.41. The van der Waals surface area contributed by atoms with Crippen molar-refractivity contribution >= 4 is 109 Å². The van der Waals surface area contributed by atoms with Crippen LogP contribution in [0.15, 0.2) is 102 Å². The number of hydrogen-bond acceptors (Lipinski definition) is 13. The van der Waals surface area contributed by atoms with Gasteiger partial charge >= 0.3 is 23.9 Å². The van der Waals surface area contributed by atoms with E-state index >= 15 is 0 Å². The van der Waals surface area contributed by atoms with Gasteiger partial charge in [-0.05, 0) is 224 Å². The Morgan fingerprint density at radius 2 is 1.00 bits per heavy atom. The van der Waals surface area contributed by atoms with E-state index in [9.17, 15) is 49.5 Å². The number of aromatic nitrogens is 5.